The van der Waals surface area contributed by atoms with Crippen LogP contribution >= 0.6 is 0 Å². The predicted octanol–water partition coefficient (Wildman–Crippen LogP) is 3.51. The minimum atomic E-state index is 0.214. The molecule has 0 N–H and O–H groups in total. The van der Waals surface area contributed by atoms with Crippen LogP contribution in [0.1, 0.15) is 40.5 Å². The van der Waals surface area contributed by atoms with Gasteiger partial charge in [0.2, 0.25) is 0 Å². The minimum Gasteiger partial charge on any atom is -0.295 e. The van der Waals surface area contributed by atoms with Gasteiger partial charge < -0.3 is 0 Å². The summed E-state index contributed by atoms with van der Waals surface area (Å²) in [5.41, 5.74) is 2.90. The molecule has 0 heterocycles. The highest BCUT2D eigenvalue weighted by atomic mass is 16.1. The summed E-state index contributed by atoms with van der Waals surface area (Å²) in [5, 5.41) is 0. The van der Waals surface area contributed by atoms with E-state index < -0.39 is 0 Å². The Hall–Kier alpha value is -0.850. The number of carbonyl (C=O) groups excluding carboxylic acids is 1. The van der Waals surface area contributed by atoms with Crippen molar-refractivity contribution in [3.05, 3.63) is 23.3 Å². The quantitative estimate of drug-likeness (QED) is 0.552. The molecule has 82 valence electrons. The van der Waals surface area contributed by atoms with Crippen molar-refractivity contribution in [2.45, 2.75) is 40.5 Å². The zero-order valence-electron chi connectivity index (χ0n) is 10.1. The zero-order chi connectivity index (χ0) is 11.2. The third kappa shape index (κ3) is 1.80. The van der Waals surface area contributed by atoms with Gasteiger partial charge in [-0.3, -0.25) is 4.79 Å². The van der Waals surface area contributed by atoms with Crippen LogP contribution in [-0.2, 0) is 4.79 Å². The molecule has 0 radical (unpaired) electrons. The molecule has 2 aliphatic rings. The van der Waals surface area contributed by atoms with Crippen LogP contribution in [-0.4, -0.2) is 5.78 Å². The highest BCUT2D eigenvalue weighted by Gasteiger charge is 2.38. The summed E-state index contributed by atoms with van der Waals surface area (Å²) >= 11 is 0. The fourth-order valence-electron chi connectivity index (χ4n) is 3.25. The summed E-state index contributed by atoms with van der Waals surface area (Å²) in [6.07, 6.45) is 6.12. The molecule has 2 rings (SSSR count). The first-order valence-corrected chi connectivity index (χ1v) is 5.80. The second kappa shape index (κ2) is 3.33. The van der Waals surface area contributed by atoms with E-state index in [-0.39, 0.29) is 5.41 Å². The first-order chi connectivity index (χ1) is 6.90. The molecule has 0 aromatic heterocycles. The predicted molar refractivity (Wildman–Crippen MR) is 62.5 cm³/mol. The summed E-state index contributed by atoms with van der Waals surface area (Å²) in [5.74, 6) is 1.35. The molecule has 0 aliphatic heterocycles. The highest BCUT2D eigenvalue weighted by molar-refractivity contribution is 5.91. The standard InChI is InChI=1S/C14H20O/c1-9-5-12(15)6-11-7-13(9)14(3,4)8-10(11)2/h5,8,11,13H,6-7H2,1-4H3/t11-,13-/m0/s1. The van der Waals surface area contributed by atoms with E-state index in [9.17, 15) is 4.79 Å². The first-order valence-electron chi connectivity index (χ1n) is 5.80. The van der Waals surface area contributed by atoms with Gasteiger partial charge in [-0.05, 0) is 43.6 Å². The molecule has 0 aromatic carbocycles. The van der Waals surface area contributed by atoms with Crippen molar-refractivity contribution in [1.29, 1.82) is 0 Å². The van der Waals surface area contributed by atoms with Crippen LogP contribution in [0.25, 0.3) is 0 Å². The molecular formula is C14H20O. The Morgan fingerprint density at radius 1 is 1.27 bits per heavy atom. The van der Waals surface area contributed by atoms with Gasteiger partial charge in [-0.1, -0.05) is 31.1 Å². The monoisotopic (exact) mass is 204 g/mol. The molecule has 1 nitrogen and oxygen atoms in total. The molecule has 1 heteroatoms. The average Bonchev–Trinajstić information content (AvgIpc) is 2.20. The Morgan fingerprint density at radius 3 is 2.60 bits per heavy atom. The van der Waals surface area contributed by atoms with Crippen LogP contribution in [0.3, 0.4) is 0 Å². The number of fused-ring (bicyclic) bond motifs is 2. The molecule has 0 spiro atoms. The fraction of sp³-hybridized carbons (Fsp3) is 0.643. The molecule has 0 unspecified atom stereocenters. The van der Waals surface area contributed by atoms with E-state index in [1.807, 2.05) is 6.08 Å². The number of hydrogen-bond acceptors (Lipinski definition) is 1. The highest BCUT2D eigenvalue weighted by Crippen LogP contribution is 2.47. The zero-order valence-corrected chi connectivity index (χ0v) is 10.1. The van der Waals surface area contributed by atoms with Crippen molar-refractivity contribution in [3.63, 3.8) is 0 Å². The summed E-state index contributed by atoms with van der Waals surface area (Å²) in [7, 11) is 0. The van der Waals surface area contributed by atoms with E-state index in [0.29, 0.717) is 24.0 Å². The Labute approximate surface area is 92.3 Å². The van der Waals surface area contributed by atoms with E-state index in [1.54, 1.807) is 0 Å². The van der Waals surface area contributed by atoms with Gasteiger partial charge in [-0.15, -0.1) is 0 Å². The van der Waals surface area contributed by atoms with Crippen LogP contribution < -0.4 is 0 Å². The molecule has 2 bridgehead atoms. The number of allylic oxidation sites excluding steroid dienone is 4. The summed E-state index contributed by atoms with van der Waals surface area (Å²) in [4.78, 5) is 11.7. The molecule has 0 saturated heterocycles. The van der Waals surface area contributed by atoms with Crippen molar-refractivity contribution >= 4 is 5.78 Å². The number of hydrogen-bond donors (Lipinski definition) is 0. The third-order valence-corrected chi connectivity index (χ3v) is 4.05. The molecule has 0 aromatic rings. The first kappa shape index (κ1) is 10.7. The van der Waals surface area contributed by atoms with E-state index in [2.05, 4.69) is 33.8 Å². The fourth-order valence-corrected chi connectivity index (χ4v) is 3.25. The van der Waals surface area contributed by atoms with Crippen LogP contribution in [0, 0.1) is 17.3 Å². The van der Waals surface area contributed by atoms with E-state index in [0.717, 1.165) is 6.42 Å². The molecule has 0 saturated carbocycles. The number of ketones is 1. The lowest BCUT2D eigenvalue weighted by atomic mass is 9.65. The Morgan fingerprint density at radius 2 is 1.93 bits per heavy atom. The van der Waals surface area contributed by atoms with Crippen molar-refractivity contribution in [1.82, 2.24) is 0 Å². The Bertz CT molecular complexity index is 358. The van der Waals surface area contributed by atoms with E-state index >= 15 is 0 Å². The summed E-state index contributed by atoms with van der Waals surface area (Å²) < 4.78 is 0. The van der Waals surface area contributed by atoms with Crippen LogP contribution in [0.5, 0.6) is 0 Å². The van der Waals surface area contributed by atoms with Crippen molar-refractivity contribution in [3.8, 4) is 0 Å². The van der Waals surface area contributed by atoms with Crippen molar-refractivity contribution < 1.29 is 4.79 Å². The molecule has 2 atom stereocenters. The van der Waals surface area contributed by atoms with Gasteiger partial charge in [0, 0.05) is 6.42 Å². The Kier molecular flexibility index (Phi) is 2.37. The van der Waals surface area contributed by atoms with Crippen LogP contribution in [0.2, 0.25) is 0 Å². The lowest BCUT2D eigenvalue weighted by Gasteiger charge is -2.39. The maximum Gasteiger partial charge on any atom is 0.156 e. The van der Waals surface area contributed by atoms with Gasteiger partial charge in [0.25, 0.3) is 0 Å². The van der Waals surface area contributed by atoms with Gasteiger partial charge in [0.1, 0.15) is 0 Å². The smallest absolute Gasteiger partial charge is 0.156 e. The molecule has 2 aliphatic carbocycles. The maximum atomic E-state index is 11.7. The Balaban J connectivity index is 2.47. The molecular weight excluding hydrogens is 184 g/mol. The van der Waals surface area contributed by atoms with Crippen LogP contribution in [0.4, 0.5) is 0 Å². The molecule has 15 heavy (non-hydrogen) atoms. The minimum absolute atomic E-state index is 0.214. The normalized spacial score (nSPS) is 34.3. The SMILES string of the molecule is CC1=CC(C)(C)[C@H]2C[C@@H]1CC(=O)C=C2C. The topological polar surface area (TPSA) is 17.1 Å². The largest absolute Gasteiger partial charge is 0.295 e. The second-order valence-corrected chi connectivity index (χ2v) is 5.75. The lowest BCUT2D eigenvalue weighted by molar-refractivity contribution is -0.115. The van der Waals surface area contributed by atoms with Gasteiger partial charge in [-0.2, -0.15) is 0 Å². The third-order valence-electron chi connectivity index (χ3n) is 4.05. The molecule has 0 amide bonds. The van der Waals surface area contributed by atoms with Gasteiger partial charge in [0.05, 0.1) is 0 Å². The summed E-state index contributed by atoms with van der Waals surface area (Å²) in [6, 6.07) is 0. The maximum absolute atomic E-state index is 11.7. The second-order valence-electron chi connectivity index (χ2n) is 5.75. The van der Waals surface area contributed by atoms with Gasteiger partial charge in [0.15, 0.2) is 5.78 Å². The van der Waals surface area contributed by atoms with Gasteiger partial charge >= 0.3 is 0 Å². The number of rotatable bonds is 0. The lowest BCUT2D eigenvalue weighted by Crippen LogP contribution is -2.29. The summed E-state index contributed by atoms with van der Waals surface area (Å²) in [6.45, 7) is 8.85. The van der Waals surface area contributed by atoms with E-state index in [4.69, 9.17) is 0 Å². The molecule has 0 fully saturated rings. The van der Waals surface area contributed by atoms with Gasteiger partial charge in [-0.25, -0.2) is 0 Å². The van der Waals surface area contributed by atoms with Crippen LogP contribution in [0.15, 0.2) is 23.3 Å². The number of carbonyl (C=O) groups is 1. The van der Waals surface area contributed by atoms with Crippen molar-refractivity contribution in [2.24, 2.45) is 17.3 Å². The average molecular weight is 204 g/mol. The van der Waals surface area contributed by atoms with Crippen molar-refractivity contribution in [2.75, 3.05) is 0 Å². The van der Waals surface area contributed by atoms with E-state index in [1.165, 1.54) is 11.1 Å².